The molecule has 5 heteroatoms. The van der Waals surface area contributed by atoms with Crippen LogP contribution in [0.15, 0.2) is 30.3 Å². The molecule has 2 N–H and O–H groups in total. The van der Waals surface area contributed by atoms with Crippen molar-refractivity contribution in [3.63, 3.8) is 0 Å². The Balaban J connectivity index is 1.52. The topological polar surface area (TPSA) is 75.6 Å². The Morgan fingerprint density at radius 3 is 2.61 bits per heavy atom. The van der Waals surface area contributed by atoms with Crippen LogP contribution in [0.1, 0.15) is 44.1 Å². The fourth-order valence-corrected chi connectivity index (χ4v) is 3.67. The highest BCUT2D eigenvalue weighted by Crippen LogP contribution is 2.58. The highest BCUT2D eigenvalue weighted by atomic mass is 16.5. The van der Waals surface area contributed by atoms with Crippen molar-refractivity contribution in [2.45, 2.75) is 51.2 Å². The van der Waals surface area contributed by atoms with Crippen LogP contribution in [-0.2, 0) is 16.1 Å². The number of aliphatic carboxylic acids is 1. The third kappa shape index (κ3) is 4.24. The Bertz CT molecular complexity index is 568. The molecule has 5 nitrogen and oxygen atoms in total. The number of carboxylic acids is 1. The zero-order valence-electron chi connectivity index (χ0n) is 13.2. The third-order valence-corrected chi connectivity index (χ3v) is 5.16. The lowest BCUT2D eigenvalue weighted by Crippen LogP contribution is -2.45. The van der Waals surface area contributed by atoms with Crippen LogP contribution in [0.4, 0.5) is 4.79 Å². The van der Waals surface area contributed by atoms with E-state index in [-0.39, 0.29) is 25.0 Å². The van der Waals surface area contributed by atoms with E-state index in [0.29, 0.717) is 5.41 Å². The monoisotopic (exact) mass is 317 g/mol. The second-order valence-electron chi connectivity index (χ2n) is 6.91. The first-order valence-electron chi connectivity index (χ1n) is 8.25. The molecule has 2 aliphatic carbocycles. The van der Waals surface area contributed by atoms with Gasteiger partial charge >= 0.3 is 12.1 Å². The smallest absolute Gasteiger partial charge is 0.407 e. The Morgan fingerprint density at radius 1 is 1.22 bits per heavy atom. The Morgan fingerprint density at radius 2 is 1.96 bits per heavy atom. The third-order valence-electron chi connectivity index (χ3n) is 5.16. The predicted molar refractivity (Wildman–Crippen MR) is 84.8 cm³/mol. The van der Waals surface area contributed by atoms with E-state index in [4.69, 9.17) is 9.84 Å². The molecule has 2 atom stereocenters. The van der Waals surface area contributed by atoms with E-state index in [2.05, 4.69) is 5.32 Å². The Labute approximate surface area is 136 Å². The van der Waals surface area contributed by atoms with Gasteiger partial charge in [0.2, 0.25) is 0 Å². The normalized spacial score (nSPS) is 24.9. The molecule has 0 heterocycles. The van der Waals surface area contributed by atoms with Gasteiger partial charge in [0, 0.05) is 6.04 Å². The van der Waals surface area contributed by atoms with Crippen LogP contribution >= 0.6 is 0 Å². The first-order valence-corrected chi connectivity index (χ1v) is 8.25. The molecule has 2 unspecified atom stereocenters. The molecule has 3 rings (SSSR count). The molecule has 0 aromatic heterocycles. The fourth-order valence-electron chi connectivity index (χ4n) is 3.67. The molecule has 23 heavy (non-hydrogen) atoms. The molecule has 2 fully saturated rings. The van der Waals surface area contributed by atoms with Crippen LogP contribution in [0, 0.1) is 11.3 Å². The molecule has 1 aromatic rings. The molecule has 1 aromatic carbocycles. The van der Waals surface area contributed by atoms with Gasteiger partial charge in [-0.2, -0.15) is 0 Å². The summed E-state index contributed by atoms with van der Waals surface area (Å²) in [6.07, 6.45) is 4.89. The lowest BCUT2D eigenvalue weighted by molar-refractivity contribution is -0.138. The van der Waals surface area contributed by atoms with Crippen LogP contribution < -0.4 is 5.32 Å². The summed E-state index contributed by atoms with van der Waals surface area (Å²) in [5.74, 6) is -0.787. The number of ether oxygens (including phenoxy) is 1. The van der Waals surface area contributed by atoms with Crippen LogP contribution in [0.5, 0.6) is 0 Å². The van der Waals surface area contributed by atoms with E-state index in [9.17, 15) is 9.59 Å². The molecule has 0 saturated heterocycles. The largest absolute Gasteiger partial charge is 0.481 e. The van der Waals surface area contributed by atoms with E-state index in [1.807, 2.05) is 30.3 Å². The minimum atomic E-state index is -0.794. The predicted octanol–water partition coefficient (Wildman–Crippen LogP) is 3.34. The van der Waals surface area contributed by atoms with E-state index in [0.717, 1.165) is 24.8 Å². The molecule has 2 saturated carbocycles. The number of rotatable bonds is 5. The molecule has 0 bridgehead atoms. The van der Waals surface area contributed by atoms with Crippen LogP contribution in [0.2, 0.25) is 0 Å². The van der Waals surface area contributed by atoms with Crippen molar-refractivity contribution in [1.82, 2.24) is 5.32 Å². The van der Waals surface area contributed by atoms with Crippen molar-refractivity contribution in [3.05, 3.63) is 35.9 Å². The summed E-state index contributed by atoms with van der Waals surface area (Å²) in [6, 6.07) is 9.41. The summed E-state index contributed by atoms with van der Waals surface area (Å²) in [7, 11) is 0. The van der Waals surface area contributed by atoms with Crippen molar-refractivity contribution in [1.29, 1.82) is 0 Å². The number of hydrogen-bond donors (Lipinski definition) is 2. The van der Waals surface area contributed by atoms with Gasteiger partial charge in [-0.3, -0.25) is 4.79 Å². The van der Waals surface area contributed by atoms with Gasteiger partial charge in [-0.15, -0.1) is 0 Å². The number of alkyl carbamates (subject to hydrolysis) is 1. The molecule has 0 radical (unpaired) electrons. The standard InChI is InChI=1S/C18H23NO4/c20-16(21)10-14-11-18(8-9-18)7-6-15(14)19-17(22)23-12-13-4-2-1-3-5-13/h1-5,14-15H,6-12H2,(H,19,22)(H,20,21). The minimum absolute atomic E-state index is 0.00743. The van der Waals surface area contributed by atoms with E-state index >= 15 is 0 Å². The highest BCUT2D eigenvalue weighted by molar-refractivity contribution is 5.69. The van der Waals surface area contributed by atoms with Gasteiger partial charge in [-0.25, -0.2) is 4.79 Å². The maximum Gasteiger partial charge on any atom is 0.407 e. The number of nitrogens with one attached hydrogen (secondary N) is 1. The molecule has 124 valence electrons. The quantitative estimate of drug-likeness (QED) is 0.873. The minimum Gasteiger partial charge on any atom is -0.481 e. The second-order valence-corrected chi connectivity index (χ2v) is 6.91. The van der Waals surface area contributed by atoms with E-state index in [1.54, 1.807) is 0 Å². The van der Waals surface area contributed by atoms with Gasteiger partial charge < -0.3 is 15.2 Å². The van der Waals surface area contributed by atoms with Crippen molar-refractivity contribution >= 4 is 12.1 Å². The maximum absolute atomic E-state index is 12.0. The summed E-state index contributed by atoms with van der Waals surface area (Å²) in [5, 5.41) is 12.0. The van der Waals surface area contributed by atoms with Gasteiger partial charge in [-0.05, 0) is 49.0 Å². The van der Waals surface area contributed by atoms with E-state index in [1.165, 1.54) is 12.8 Å². The Hall–Kier alpha value is -2.04. The number of benzene rings is 1. The summed E-state index contributed by atoms with van der Waals surface area (Å²) in [4.78, 5) is 23.1. The lowest BCUT2D eigenvalue weighted by Gasteiger charge is -2.36. The van der Waals surface area contributed by atoms with Gasteiger partial charge in [0.25, 0.3) is 0 Å². The maximum atomic E-state index is 12.0. The SMILES string of the molecule is O=C(O)CC1CC2(CCC1NC(=O)OCc1ccccc1)CC2. The second kappa shape index (κ2) is 6.60. The number of carboxylic acid groups (broad SMARTS) is 1. The molecule has 0 aliphatic heterocycles. The molecule has 2 aliphatic rings. The number of hydrogen-bond acceptors (Lipinski definition) is 3. The first-order chi connectivity index (χ1) is 11.1. The van der Waals surface area contributed by atoms with Gasteiger partial charge in [0.05, 0.1) is 6.42 Å². The molecule has 1 amide bonds. The zero-order valence-corrected chi connectivity index (χ0v) is 13.2. The molecular weight excluding hydrogens is 294 g/mol. The first kappa shape index (κ1) is 15.8. The Kier molecular flexibility index (Phi) is 4.55. The zero-order chi connectivity index (χ0) is 16.3. The molecule has 1 spiro atoms. The van der Waals surface area contributed by atoms with E-state index < -0.39 is 12.1 Å². The van der Waals surface area contributed by atoms with Crippen molar-refractivity contribution in [2.24, 2.45) is 11.3 Å². The van der Waals surface area contributed by atoms with Gasteiger partial charge in [0.1, 0.15) is 6.61 Å². The lowest BCUT2D eigenvalue weighted by atomic mass is 9.74. The van der Waals surface area contributed by atoms with Gasteiger partial charge in [0.15, 0.2) is 0 Å². The highest BCUT2D eigenvalue weighted by Gasteiger charge is 2.49. The number of amides is 1. The summed E-state index contributed by atoms with van der Waals surface area (Å²) in [6.45, 7) is 0.229. The van der Waals surface area contributed by atoms with Crippen LogP contribution in [-0.4, -0.2) is 23.2 Å². The number of carbonyl (C=O) groups excluding carboxylic acids is 1. The summed E-state index contributed by atoms with van der Waals surface area (Å²) in [5.41, 5.74) is 1.30. The van der Waals surface area contributed by atoms with Crippen molar-refractivity contribution in [3.8, 4) is 0 Å². The average molecular weight is 317 g/mol. The summed E-state index contributed by atoms with van der Waals surface area (Å²) >= 11 is 0. The van der Waals surface area contributed by atoms with Crippen LogP contribution in [0.3, 0.4) is 0 Å². The van der Waals surface area contributed by atoms with Crippen molar-refractivity contribution in [2.75, 3.05) is 0 Å². The average Bonchev–Trinajstić information content (AvgIpc) is 3.28. The van der Waals surface area contributed by atoms with Crippen molar-refractivity contribution < 1.29 is 19.4 Å². The number of carbonyl (C=O) groups is 2. The van der Waals surface area contributed by atoms with Crippen LogP contribution in [0.25, 0.3) is 0 Å². The van der Waals surface area contributed by atoms with Gasteiger partial charge in [-0.1, -0.05) is 30.3 Å². The fraction of sp³-hybridized carbons (Fsp3) is 0.556. The molecular formula is C18H23NO4. The summed E-state index contributed by atoms with van der Waals surface area (Å²) < 4.78 is 5.25.